The first kappa shape index (κ1) is 20.4. The summed E-state index contributed by atoms with van der Waals surface area (Å²) in [4.78, 5) is 10.4. The Hall–Kier alpha value is -3.33. The minimum Gasteiger partial charge on any atom is -0.489 e. The zero-order valence-electron chi connectivity index (χ0n) is 15.0. The van der Waals surface area contributed by atoms with Gasteiger partial charge in [-0.15, -0.1) is 0 Å². The van der Waals surface area contributed by atoms with Crippen molar-refractivity contribution in [2.24, 2.45) is 0 Å². The molecule has 0 aliphatic heterocycles. The molecule has 144 valence electrons. The Bertz CT molecular complexity index is 1120. The Kier molecular flexibility index (Phi) is 6.50. The van der Waals surface area contributed by atoms with Gasteiger partial charge in [0.25, 0.3) is 5.69 Å². The molecule has 0 aliphatic carbocycles. The Morgan fingerprint density at radius 3 is 2.48 bits per heavy atom. The summed E-state index contributed by atoms with van der Waals surface area (Å²) in [6, 6.07) is 20.5. The third-order valence-corrected chi connectivity index (χ3v) is 4.81. The fourth-order valence-electron chi connectivity index (χ4n) is 2.59. The van der Waals surface area contributed by atoms with E-state index < -0.39 is 4.92 Å². The molecule has 0 unspecified atom stereocenters. The van der Waals surface area contributed by atoms with E-state index in [-0.39, 0.29) is 5.69 Å². The Balaban J connectivity index is 1.73. The van der Waals surface area contributed by atoms with Gasteiger partial charge in [0.05, 0.1) is 26.6 Å². The van der Waals surface area contributed by atoms with Crippen molar-refractivity contribution in [3.05, 3.63) is 104 Å². The van der Waals surface area contributed by atoms with Crippen molar-refractivity contribution in [3.63, 3.8) is 0 Å². The van der Waals surface area contributed by atoms with Crippen molar-refractivity contribution in [1.82, 2.24) is 0 Å². The lowest BCUT2D eigenvalue weighted by Crippen LogP contribution is -1.95. The molecule has 0 N–H and O–H groups in total. The molecule has 0 saturated carbocycles. The van der Waals surface area contributed by atoms with Crippen LogP contribution in [0, 0.1) is 21.4 Å². The van der Waals surface area contributed by atoms with Crippen LogP contribution in [-0.2, 0) is 6.61 Å². The van der Waals surface area contributed by atoms with Crippen LogP contribution in [0.4, 0.5) is 5.69 Å². The summed E-state index contributed by atoms with van der Waals surface area (Å²) in [5.41, 5.74) is 2.42. The Morgan fingerprint density at radius 2 is 1.83 bits per heavy atom. The van der Waals surface area contributed by atoms with Gasteiger partial charge in [-0.05, 0) is 47.0 Å². The SMILES string of the molecule is N#CC(=Cc1ccc(OCc2ccc(Cl)c(Cl)c2)cc1)c1cccc([N+](=O)[O-])c1. The number of rotatable bonds is 6. The van der Waals surface area contributed by atoms with E-state index >= 15 is 0 Å². The van der Waals surface area contributed by atoms with Gasteiger partial charge >= 0.3 is 0 Å². The summed E-state index contributed by atoms with van der Waals surface area (Å²) in [5.74, 6) is 0.655. The van der Waals surface area contributed by atoms with E-state index in [4.69, 9.17) is 27.9 Å². The van der Waals surface area contributed by atoms with E-state index in [0.29, 0.717) is 33.5 Å². The molecule has 5 nitrogen and oxygen atoms in total. The summed E-state index contributed by atoms with van der Waals surface area (Å²) >= 11 is 11.9. The highest BCUT2D eigenvalue weighted by Crippen LogP contribution is 2.25. The molecule has 29 heavy (non-hydrogen) atoms. The summed E-state index contributed by atoms with van der Waals surface area (Å²) < 4.78 is 5.74. The number of nitriles is 1. The van der Waals surface area contributed by atoms with E-state index in [0.717, 1.165) is 11.1 Å². The summed E-state index contributed by atoms with van der Waals surface area (Å²) in [6.07, 6.45) is 1.67. The molecule has 0 saturated heterocycles. The number of benzene rings is 3. The van der Waals surface area contributed by atoms with Gasteiger partial charge in [-0.2, -0.15) is 5.26 Å². The minimum atomic E-state index is -0.488. The maximum Gasteiger partial charge on any atom is 0.270 e. The van der Waals surface area contributed by atoms with Crippen molar-refractivity contribution in [2.45, 2.75) is 6.61 Å². The second kappa shape index (κ2) is 9.24. The van der Waals surface area contributed by atoms with E-state index in [1.807, 2.05) is 6.07 Å². The average molecular weight is 425 g/mol. The van der Waals surface area contributed by atoms with Crippen molar-refractivity contribution >= 4 is 40.5 Å². The lowest BCUT2D eigenvalue weighted by Gasteiger charge is -2.08. The second-order valence-corrected chi connectivity index (χ2v) is 6.90. The zero-order valence-corrected chi connectivity index (χ0v) is 16.5. The molecule has 3 aromatic carbocycles. The number of nitro benzene ring substituents is 1. The third kappa shape index (κ3) is 5.35. The van der Waals surface area contributed by atoms with Gasteiger partial charge in [-0.1, -0.05) is 53.5 Å². The highest BCUT2D eigenvalue weighted by Gasteiger charge is 2.09. The van der Waals surface area contributed by atoms with E-state index in [2.05, 4.69) is 6.07 Å². The predicted octanol–water partition coefficient (Wildman–Crippen LogP) is 6.54. The van der Waals surface area contributed by atoms with Gasteiger partial charge in [-0.25, -0.2) is 0 Å². The lowest BCUT2D eigenvalue weighted by molar-refractivity contribution is -0.384. The second-order valence-electron chi connectivity index (χ2n) is 6.08. The third-order valence-electron chi connectivity index (χ3n) is 4.07. The molecule has 3 aromatic rings. The number of hydrogen-bond donors (Lipinski definition) is 0. The number of halogens is 2. The van der Waals surface area contributed by atoms with Gasteiger partial charge in [0.1, 0.15) is 12.4 Å². The predicted molar refractivity (Wildman–Crippen MR) is 114 cm³/mol. The molecule has 0 amide bonds. The molecule has 0 atom stereocenters. The first-order chi connectivity index (χ1) is 14.0. The quantitative estimate of drug-likeness (QED) is 0.194. The first-order valence-electron chi connectivity index (χ1n) is 8.49. The van der Waals surface area contributed by atoms with Crippen LogP contribution in [0.2, 0.25) is 10.0 Å². The molecule has 3 rings (SSSR count). The zero-order chi connectivity index (χ0) is 20.8. The standard InChI is InChI=1S/C22H14Cl2N2O3/c23-21-9-6-16(11-22(21)24)14-29-20-7-4-15(5-8-20)10-18(13-25)17-2-1-3-19(12-17)26(27)28/h1-12H,14H2. The molecule has 7 heteroatoms. The first-order valence-corrected chi connectivity index (χ1v) is 9.25. The molecular formula is C22H14Cl2N2O3. The van der Waals surface area contributed by atoms with Gasteiger partial charge in [0.15, 0.2) is 0 Å². The Labute approximate surface area is 177 Å². The number of allylic oxidation sites excluding steroid dienone is 1. The molecule has 0 aromatic heterocycles. The van der Waals surface area contributed by atoms with Crippen LogP contribution in [0.25, 0.3) is 11.6 Å². The highest BCUT2D eigenvalue weighted by molar-refractivity contribution is 6.42. The summed E-state index contributed by atoms with van der Waals surface area (Å²) in [5, 5.41) is 21.3. The summed E-state index contributed by atoms with van der Waals surface area (Å²) in [7, 11) is 0. The number of nitrogens with zero attached hydrogens (tertiary/aromatic N) is 2. The van der Waals surface area contributed by atoms with E-state index in [1.165, 1.54) is 12.1 Å². The van der Waals surface area contributed by atoms with Gasteiger partial charge < -0.3 is 4.74 Å². The molecule has 0 aliphatic rings. The summed E-state index contributed by atoms with van der Waals surface area (Å²) in [6.45, 7) is 0.337. The van der Waals surface area contributed by atoms with E-state index in [1.54, 1.807) is 54.6 Å². The molecular weight excluding hydrogens is 411 g/mol. The monoisotopic (exact) mass is 424 g/mol. The smallest absolute Gasteiger partial charge is 0.270 e. The van der Waals surface area contributed by atoms with Crippen LogP contribution in [0.5, 0.6) is 5.75 Å². The number of nitro groups is 1. The number of hydrogen-bond acceptors (Lipinski definition) is 4. The molecule has 0 bridgehead atoms. The molecule has 0 fully saturated rings. The van der Waals surface area contributed by atoms with Gasteiger partial charge in [-0.3, -0.25) is 10.1 Å². The lowest BCUT2D eigenvalue weighted by atomic mass is 10.0. The highest BCUT2D eigenvalue weighted by atomic mass is 35.5. The normalized spacial score (nSPS) is 11.0. The maximum atomic E-state index is 10.9. The van der Waals surface area contributed by atoms with Crippen molar-refractivity contribution in [3.8, 4) is 11.8 Å². The van der Waals surface area contributed by atoms with Crippen molar-refractivity contribution in [1.29, 1.82) is 5.26 Å². The van der Waals surface area contributed by atoms with Gasteiger partial charge in [0, 0.05) is 12.1 Å². The van der Waals surface area contributed by atoms with Crippen LogP contribution in [0.15, 0.2) is 66.7 Å². The van der Waals surface area contributed by atoms with Crippen LogP contribution in [0.1, 0.15) is 16.7 Å². The molecule has 0 spiro atoms. The largest absolute Gasteiger partial charge is 0.489 e. The minimum absolute atomic E-state index is 0.0605. The van der Waals surface area contributed by atoms with E-state index in [9.17, 15) is 15.4 Å². The Morgan fingerprint density at radius 1 is 1.07 bits per heavy atom. The maximum absolute atomic E-state index is 10.9. The topological polar surface area (TPSA) is 76.2 Å². The van der Waals surface area contributed by atoms with Crippen molar-refractivity contribution in [2.75, 3.05) is 0 Å². The number of non-ortho nitro benzene ring substituents is 1. The fraction of sp³-hybridized carbons (Fsp3) is 0.0455. The van der Waals surface area contributed by atoms with Crippen LogP contribution >= 0.6 is 23.2 Å². The van der Waals surface area contributed by atoms with Crippen LogP contribution in [0.3, 0.4) is 0 Å². The average Bonchev–Trinajstić information content (AvgIpc) is 2.73. The van der Waals surface area contributed by atoms with Crippen LogP contribution < -0.4 is 4.74 Å². The fourth-order valence-corrected chi connectivity index (χ4v) is 2.91. The van der Waals surface area contributed by atoms with Crippen LogP contribution in [-0.4, -0.2) is 4.92 Å². The van der Waals surface area contributed by atoms with Gasteiger partial charge in [0.2, 0.25) is 0 Å². The van der Waals surface area contributed by atoms with Crippen molar-refractivity contribution < 1.29 is 9.66 Å². The molecule has 0 radical (unpaired) electrons. The molecule has 0 heterocycles. The number of ether oxygens (including phenoxy) is 1.